The van der Waals surface area contributed by atoms with Crippen molar-refractivity contribution in [2.24, 2.45) is 5.92 Å². The first kappa shape index (κ1) is 14.2. The van der Waals surface area contributed by atoms with Crippen LogP contribution >= 0.6 is 11.3 Å². The zero-order chi connectivity index (χ0) is 13.7. The highest BCUT2D eigenvalue weighted by atomic mass is 32.1. The van der Waals surface area contributed by atoms with Gasteiger partial charge in [-0.05, 0) is 12.5 Å². The molecule has 2 rings (SSSR count). The zero-order valence-electron chi connectivity index (χ0n) is 11.8. The van der Waals surface area contributed by atoms with Crippen molar-refractivity contribution < 1.29 is 0 Å². The van der Waals surface area contributed by atoms with Gasteiger partial charge in [-0.2, -0.15) is 0 Å². The van der Waals surface area contributed by atoms with E-state index < -0.39 is 0 Å². The normalized spacial score (nSPS) is 13.1. The van der Waals surface area contributed by atoms with Gasteiger partial charge in [-0.1, -0.05) is 20.8 Å². The summed E-state index contributed by atoms with van der Waals surface area (Å²) in [5.74, 6) is 1.10. The molecule has 0 aliphatic carbocycles. The van der Waals surface area contributed by atoms with Crippen molar-refractivity contribution in [3.63, 3.8) is 0 Å². The number of aromatic nitrogens is 3. The highest BCUT2D eigenvalue weighted by Gasteiger charge is 2.11. The summed E-state index contributed by atoms with van der Waals surface area (Å²) in [5.41, 5.74) is 1.24. The van der Waals surface area contributed by atoms with Crippen LogP contribution in [0.25, 0.3) is 0 Å². The fourth-order valence-corrected chi connectivity index (χ4v) is 2.69. The first-order valence-corrected chi connectivity index (χ1v) is 7.64. The third kappa shape index (κ3) is 4.14. The Morgan fingerprint density at radius 3 is 2.89 bits per heavy atom. The average Bonchev–Trinajstić information content (AvgIpc) is 3.00. The molecule has 0 amide bonds. The van der Waals surface area contributed by atoms with Crippen LogP contribution in [0.5, 0.6) is 0 Å². The fourth-order valence-electron chi connectivity index (χ4n) is 2.00. The van der Waals surface area contributed by atoms with Crippen LogP contribution in [0, 0.1) is 5.92 Å². The molecule has 0 aliphatic rings. The molecule has 0 aliphatic heterocycles. The minimum absolute atomic E-state index is 0.429. The lowest BCUT2D eigenvalue weighted by Crippen LogP contribution is -2.21. The van der Waals surface area contributed by atoms with Crippen molar-refractivity contribution in [1.29, 1.82) is 0 Å². The monoisotopic (exact) mass is 278 g/mol. The van der Waals surface area contributed by atoms with Gasteiger partial charge in [0.25, 0.3) is 0 Å². The van der Waals surface area contributed by atoms with E-state index in [0.29, 0.717) is 11.8 Å². The number of thiazole rings is 1. The molecule has 0 radical (unpaired) electrons. The van der Waals surface area contributed by atoms with E-state index in [-0.39, 0.29) is 0 Å². The zero-order valence-corrected chi connectivity index (χ0v) is 12.7. The van der Waals surface area contributed by atoms with Crippen LogP contribution in [-0.2, 0) is 13.1 Å². The number of hydrogen-bond acceptors (Lipinski definition) is 4. The van der Waals surface area contributed by atoms with Crippen molar-refractivity contribution >= 4 is 11.3 Å². The molecular formula is C14H22N4S. The van der Waals surface area contributed by atoms with Crippen LogP contribution in [0.2, 0.25) is 0 Å². The lowest BCUT2D eigenvalue weighted by Gasteiger charge is -2.13. The standard InChI is InChI=1S/C14H22N4S/c1-11(2)6-15-7-13-8-16-10-18(13)9-12(3)14-17-4-5-19-14/h4-5,8,10-12,15H,6-7,9H2,1-3H3. The second-order valence-electron chi connectivity index (χ2n) is 5.33. The fraction of sp³-hybridized carbons (Fsp3) is 0.571. The van der Waals surface area contributed by atoms with E-state index in [1.54, 1.807) is 11.3 Å². The summed E-state index contributed by atoms with van der Waals surface area (Å²) in [4.78, 5) is 8.64. The first-order chi connectivity index (χ1) is 9.16. The molecule has 2 heterocycles. The number of nitrogens with one attached hydrogen (secondary N) is 1. The predicted molar refractivity (Wildman–Crippen MR) is 79.3 cm³/mol. The molecule has 4 nitrogen and oxygen atoms in total. The molecule has 0 spiro atoms. The topological polar surface area (TPSA) is 42.7 Å². The maximum absolute atomic E-state index is 4.38. The molecule has 2 aromatic heterocycles. The van der Waals surface area contributed by atoms with Crippen LogP contribution in [0.4, 0.5) is 0 Å². The smallest absolute Gasteiger partial charge is 0.0970 e. The quantitative estimate of drug-likeness (QED) is 0.847. The Morgan fingerprint density at radius 1 is 1.37 bits per heavy atom. The van der Waals surface area contributed by atoms with E-state index in [0.717, 1.165) is 19.6 Å². The largest absolute Gasteiger partial charge is 0.333 e. The second kappa shape index (κ2) is 6.82. The second-order valence-corrected chi connectivity index (χ2v) is 6.26. The Morgan fingerprint density at radius 2 is 2.21 bits per heavy atom. The van der Waals surface area contributed by atoms with Crippen molar-refractivity contribution in [2.75, 3.05) is 6.54 Å². The minimum Gasteiger partial charge on any atom is -0.333 e. The molecule has 0 saturated carbocycles. The Balaban J connectivity index is 1.92. The summed E-state index contributed by atoms with van der Waals surface area (Å²) in [6.07, 6.45) is 5.73. The minimum atomic E-state index is 0.429. The Hall–Kier alpha value is -1.20. The number of rotatable bonds is 7. The van der Waals surface area contributed by atoms with Crippen LogP contribution in [0.15, 0.2) is 24.1 Å². The molecule has 2 aromatic rings. The Kier molecular flexibility index (Phi) is 5.10. The lowest BCUT2D eigenvalue weighted by atomic mass is 10.2. The van der Waals surface area contributed by atoms with Crippen molar-refractivity contribution in [2.45, 2.75) is 39.8 Å². The summed E-state index contributed by atoms with van der Waals surface area (Å²) in [6.45, 7) is 9.50. The first-order valence-electron chi connectivity index (χ1n) is 6.76. The van der Waals surface area contributed by atoms with Gasteiger partial charge in [-0.25, -0.2) is 9.97 Å². The Bertz CT molecular complexity index is 475. The summed E-state index contributed by atoms with van der Waals surface area (Å²) < 4.78 is 2.22. The van der Waals surface area contributed by atoms with Crippen LogP contribution in [0.1, 0.15) is 37.4 Å². The lowest BCUT2D eigenvalue weighted by molar-refractivity contribution is 0.520. The Labute approximate surface area is 118 Å². The number of hydrogen-bond donors (Lipinski definition) is 1. The van der Waals surface area contributed by atoms with Gasteiger partial charge in [0.05, 0.1) is 17.0 Å². The average molecular weight is 278 g/mol. The SMILES string of the molecule is CC(C)CNCc1cncn1CC(C)c1nccs1. The van der Waals surface area contributed by atoms with Crippen LogP contribution in [-0.4, -0.2) is 21.1 Å². The van der Waals surface area contributed by atoms with Gasteiger partial charge in [-0.3, -0.25) is 0 Å². The number of nitrogens with zero attached hydrogens (tertiary/aromatic N) is 3. The molecule has 0 aromatic carbocycles. The van der Waals surface area contributed by atoms with Gasteiger partial charge in [0.15, 0.2) is 0 Å². The van der Waals surface area contributed by atoms with Gasteiger partial charge < -0.3 is 9.88 Å². The maximum atomic E-state index is 4.38. The molecule has 0 saturated heterocycles. The maximum Gasteiger partial charge on any atom is 0.0970 e. The summed E-state index contributed by atoms with van der Waals surface area (Å²) in [5, 5.41) is 6.68. The van der Waals surface area contributed by atoms with E-state index in [2.05, 4.69) is 40.6 Å². The van der Waals surface area contributed by atoms with E-state index in [9.17, 15) is 0 Å². The molecule has 19 heavy (non-hydrogen) atoms. The van der Waals surface area contributed by atoms with Gasteiger partial charge in [-0.15, -0.1) is 11.3 Å². The summed E-state index contributed by atoms with van der Waals surface area (Å²) >= 11 is 1.72. The third-order valence-electron chi connectivity index (χ3n) is 3.00. The molecule has 1 atom stereocenters. The molecule has 1 N–H and O–H groups in total. The summed E-state index contributed by atoms with van der Waals surface area (Å²) in [6, 6.07) is 0. The highest BCUT2D eigenvalue weighted by molar-refractivity contribution is 7.09. The predicted octanol–water partition coefficient (Wildman–Crippen LogP) is 2.89. The van der Waals surface area contributed by atoms with Gasteiger partial charge >= 0.3 is 0 Å². The van der Waals surface area contributed by atoms with Crippen LogP contribution in [0.3, 0.4) is 0 Å². The molecule has 0 bridgehead atoms. The van der Waals surface area contributed by atoms with E-state index in [1.807, 2.05) is 24.1 Å². The highest BCUT2D eigenvalue weighted by Crippen LogP contribution is 2.20. The van der Waals surface area contributed by atoms with E-state index in [1.165, 1.54) is 10.7 Å². The van der Waals surface area contributed by atoms with Gasteiger partial charge in [0, 0.05) is 36.8 Å². The summed E-state index contributed by atoms with van der Waals surface area (Å²) in [7, 11) is 0. The van der Waals surface area contributed by atoms with Crippen molar-refractivity contribution in [1.82, 2.24) is 19.9 Å². The molecule has 1 unspecified atom stereocenters. The van der Waals surface area contributed by atoms with Crippen LogP contribution < -0.4 is 5.32 Å². The third-order valence-corrected chi connectivity index (χ3v) is 4.01. The van der Waals surface area contributed by atoms with E-state index >= 15 is 0 Å². The molecule has 104 valence electrons. The molecule has 0 fully saturated rings. The van der Waals surface area contributed by atoms with Gasteiger partial charge in [0.2, 0.25) is 0 Å². The van der Waals surface area contributed by atoms with E-state index in [4.69, 9.17) is 0 Å². The van der Waals surface area contributed by atoms with Crippen molar-refractivity contribution in [3.8, 4) is 0 Å². The number of imidazole rings is 1. The molecular weight excluding hydrogens is 256 g/mol. The van der Waals surface area contributed by atoms with Gasteiger partial charge in [0.1, 0.15) is 0 Å². The molecule has 5 heteroatoms. The van der Waals surface area contributed by atoms with Crippen molar-refractivity contribution in [3.05, 3.63) is 34.8 Å².